The molecule has 6 heteroatoms. The van der Waals surface area contributed by atoms with Crippen LogP contribution in [0.3, 0.4) is 0 Å². The quantitative estimate of drug-likeness (QED) is 0.706. The van der Waals surface area contributed by atoms with Crippen LogP contribution in [-0.2, 0) is 0 Å². The number of para-hydroxylation sites is 1. The summed E-state index contributed by atoms with van der Waals surface area (Å²) in [5, 5.41) is 3.06. The number of rotatable bonds is 8. The second kappa shape index (κ2) is 7.96. The monoisotopic (exact) mass is 274 g/mol. The van der Waals surface area contributed by atoms with Gasteiger partial charge >= 0.3 is 0 Å². The highest BCUT2D eigenvalue weighted by Crippen LogP contribution is 2.16. The van der Waals surface area contributed by atoms with Crippen LogP contribution in [0.5, 0.6) is 11.6 Å². The van der Waals surface area contributed by atoms with Gasteiger partial charge in [0.15, 0.2) is 5.82 Å². The summed E-state index contributed by atoms with van der Waals surface area (Å²) in [4.78, 5) is 8.29. The summed E-state index contributed by atoms with van der Waals surface area (Å²) in [6.45, 7) is 1.98. The molecule has 106 valence electrons. The second-order valence-electron chi connectivity index (χ2n) is 3.94. The van der Waals surface area contributed by atoms with Crippen molar-refractivity contribution in [3.8, 4) is 11.6 Å². The van der Waals surface area contributed by atoms with Gasteiger partial charge in [0.05, 0.1) is 0 Å². The van der Waals surface area contributed by atoms with Crippen molar-refractivity contribution < 1.29 is 9.47 Å². The maximum Gasteiger partial charge on any atom is 0.257 e. The third-order valence-corrected chi connectivity index (χ3v) is 2.44. The molecule has 3 N–H and O–H groups in total. The van der Waals surface area contributed by atoms with Crippen molar-refractivity contribution in [3.05, 3.63) is 42.7 Å². The van der Waals surface area contributed by atoms with E-state index in [1.54, 1.807) is 12.4 Å². The Labute approximate surface area is 118 Å². The number of nitrogens with one attached hydrogen (secondary N) is 1. The molecule has 1 aromatic heterocycles. The Hall–Kier alpha value is -2.34. The van der Waals surface area contributed by atoms with E-state index >= 15 is 0 Å². The molecule has 0 fully saturated rings. The normalized spacial score (nSPS) is 10.1. The molecule has 0 spiro atoms. The molecule has 0 saturated heterocycles. The Kier molecular flexibility index (Phi) is 5.60. The van der Waals surface area contributed by atoms with E-state index in [1.165, 1.54) is 0 Å². The Morgan fingerprint density at radius 3 is 2.55 bits per heavy atom. The van der Waals surface area contributed by atoms with Gasteiger partial charge in [0.2, 0.25) is 0 Å². The van der Waals surface area contributed by atoms with Crippen LogP contribution in [0.4, 0.5) is 5.82 Å². The van der Waals surface area contributed by atoms with Gasteiger partial charge in [-0.1, -0.05) is 18.2 Å². The minimum absolute atomic E-state index is 0.394. The summed E-state index contributed by atoms with van der Waals surface area (Å²) < 4.78 is 11.1. The van der Waals surface area contributed by atoms with E-state index in [0.29, 0.717) is 38.0 Å². The van der Waals surface area contributed by atoms with E-state index in [4.69, 9.17) is 15.2 Å². The molecule has 6 nitrogen and oxygen atoms in total. The zero-order chi connectivity index (χ0) is 14.0. The molecule has 2 aromatic rings. The number of hydrogen-bond acceptors (Lipinski definition) is 6. The van der Waals surface area contributed by atoms with Crippen LogP contribution in [0.2, 0.25) is 0 Å². The average Bonchev–Trinajstić information content (AvgIpc) is 2.51. The Balaban J connectivity index is 1.79. The van der Waals surface area contributed by atoms with Gasteiger partial charge in [-0.15, -0.1) is 0 Å². The van der Waals surface area contributed by atoms with Crippen molar-refractivity contribution in [2.45, 2.75) is 0 Å². The molecular formula is C14H18N4O2. The standard InChI is InChI=1S/C14H18N4O2/c15-6-7-16-13-14(18-9-8-17-13)20-11-10-19-12-4-2-1-3-5-12/h1-5,8-9H,6-7,10-11,15H2,(H,16,17). The van der Waals surface area contributed by atoms with E-state index in [-0.39, 0.29) is 0 Å². The van der Waals surface area contributed by atoms with Crippen LogP contribution in [0, 0.1) is 0 Å². The lowest BCUT2D eigenvalue weighted by atomic mass is 10.3. The van der Waals surface area contributed by atoms with Gasteiger partial charge in [-0.05, 0) is 12.1 Å². The minimum Gasteiger partial charge on any atom is -0.490 e. The number of nitrogens with zero attached hydrogens (tertiary/aromatic N) is 2. The van der Waals surface area contributed by atoms with Crippen LogP contribution in [0.1, 0.15) is 0 Å². The first-order valence-electron chi connectivity index (χ1n) is 6.46. The summed E-state index contributed by atoms with van der Waals surface area (Å²) in [6.07, 6.45) is 3.19. The molecule has 0 saturated carbocycles. The minimum atomic E-state index is 0.394. The Morgan fingerprint density at radius 2 is 1.75 bits per heavy atom. The third-order valence-electron chi connectivity index (χ3n) is 2.44. The molecule has 20 heavy (non-hydrogen) atoms. The van der Waals surface area contributed by atoms with Crippen molar-refractivity contribution in [2.24, 2.45) is 5.73 Å². The lowest BCUT2D eigenvalue weighted by Crippen LogP contribution is -2.16. The number of benzene rings is 1. The molecule has 0 unspecified atom stereocenters. The Morgan fingerprint density at radius 1 is 1.00 bits per heavy atom. The molecule has 0 aliphatic rings. The SMILES string of the molecule is NCCNc1nccnc1OCCOc1ccccc1. The third kappa shape index (κ3) is 4.40. The van der Waals surface area contributed by atoms with E-state index in [2.05, 4.69) is 15.3 Å². The Bertz CT molecular complexity index is 508. The molecule has 0 aliphatic carbocycles. The fourth-order valence-electron chi connectivity index (χ4n) is 1.56. The molecule has 2 rings (SSSR count). The fourth-order valence-corrected chi connectivity index (χ4v) is 1.56. The van der Waals surface area contributed by atoms with Gasteiger partial charge < -0.3 is 20.5 Å². The number of nitrogens with two attached hydrogens (primary N) is 1. The number of aromatic nitrogens is 2. The molecule has 0 radical (unpaired) electrons. The van der Waals surface area contributed by atoms with E-state index < -0.39 is 0 Å². The van der Waals surface area contributed by atoms with Crippen LogP contribution in [0.25, 0.3) is 0 Å². The maximum atomic E-state index is 5.55. The lowest BCUT2D eigenvalue weighted by Gasteiger charge is -2.11. The van der Waals surface area contributed by atoms with Gasteiger partial charge in [0, 0.05) is 25.5 Å². The number of ether oxygens (including phenoxy) is 2. The summed E-state index contributed by atoms with van der Waals surface area (Å²) in [5.74, 6) is 1.87. The van der Waals surface area contributed by atoms with Gasteiger partial charge in [0.25, 0.3) is 5.88 Å². The number of anilines is 1. The van der Waals surface area contributed by atoms with E-state index in [9.17, 15) is 0 Å². The van der Waals surface area contributed by atoms with Crippen LogP contribution in [-0.4, -0.2) is 36.3 Å². The number of hydrogen-bond donors (Lipinski definition) is 2. The molecule has 1 aromatic carbocycles. The largest absolute Gasteiger partial charge is 0.490 e. The van der Waals surface area contributed by atoms with Crippen LogP contribution < -0.4 is 20.5 Å². The summed E-state index contributed by atoms with van der Waals surface area (Å²) in [6, 6.07) is 9.59. The maximum absolute atomic E-state index is 5.55. The van der Waals surface area contributed by atoms with Crippen LogP contribution >= 0.6 is 0 Å². The fraction of sp³-hybridized carbons (Fsp3) is 0.286. The predicted molar refractivity (Wildman–Crippen MR) is 77.0 cm³/mol. The van der Waals surface area contributed by atoms with Crippen molar-refractivity contribution in [2.75, 3.05) is 31.6 Å². The topological polar surface area (TPSA) is 82.3 Å². The molecule has 0 aliphatic heterocycles. The highest BCUT2D eigenvalue weighted by molar-refractivity contribution is 5.44. The van der Waals surface area contributed by atoms with E-state index in [0.717, 1.165) is 5.75 Å². The van der Waals surface area contributed by atoms with Crippen molar-refractivity contribution in [1.29, 1.82) is 0 Å². The van der Waals surface area contributed by atoms with Crippen molar-refractivity contribution in [3.63, 3.8) is 0 Å². The molecule has 0 atom stereocenters. The summed E-state index contributed by atoms with van der Waals surface area (Å²) >= 11 is 0. The smallest absolute Gasteiger partial charge is 0.257 e. The second-order valence-corrected chi connectivity index (χ2v) is 3.94. The van der Waals surface area contributed by atoms with Gasteiger partial charge in [0.1, 0.15) is 19.0 Å². The lowest BCUT2D eigenvalue weighted by molar-refractivity contribution is 0.212. The molecule has 0 amide bonds. The van der Waals surface area contributed by atoms with E-state index in [1.807, 2.05) is 30.3 Å². The highest BCUT2D eigenvalue weighted by atomic mass is 16.5. The van der Waals surface area contributed by atoms with Gasteiger partial charge in [-0.2, -0.15) is 0 Å². The molecule has 1 heterocycles. The highest BCUT2D eigenvalue weighted by Gasteiger charge is 2.05. The summed E-state index contributed by atoms with van der Waals surface area (Å²) in [5.41, 5.74) is 5.44. The van der Waals surface area contributed by atoms with Crippen LogP contribution in [0.15, 0.2) is 42.7 Å². The molecular weight excluding hydrogens is 256 g/mol. The zero-order valence-electron chi connectivity index (χ0n) is 11.2. The zero-order valence-corrected chi connectivity index (χ0v) is 11.2. The first-order chi connectivity index (χ1) is 9.90. The van der Waals surface area contributed by atoms with Crippen molar-refractivity contribution in [1.82, 2.24) is 9.97 Å². The molecule has 0 bridgehead atoms. The van der Waals surface area contributed by atoms with Crippen molar-refractivity contribution >= 4 is 5.82 Å². The first-order valence-corrected chi connectivity index (χ1v) is 6.46. The first kappa shape index (κ1) is 14.1. The van der Waals surface area contributed by atoms with Gasteiger partial charge in [-0.25, -0.2) is 9.97 Å². The summed E-state index contributed by atoms with van der Waals surface area (Å²) in [7, 11) is 0. The average molecular weight is 274 g/mol. The van der Waals surface area contributed by atoms with Gasteiger partial charge in [-0.3, -0.25) is 0 Å². The predicted octanol–water partition coefficient (Wildman–Crippen LogP) is 1.30.